The Bertz CT molecular complexity index is 772. The van der Waals surface area contributed by atoms with Gasteiger partial charge in [0.05, 0.1) is 22.8 Å². The lowest BCUT2D eigenvalue weighted by Crippen LogP contribution is -2.10. The second kappa shape index (κ2) is 12.3. The third kappa shape index (κ3) is 7.07. The molecule has 0 heterocycles. The van der Waals surface area contributed by atoms with Crippen LogP contribution in [0.3, 0.4) is 0 Å². The quantitative estimate of drug-likeness (QED) is 0.280. The summed E-state index contributed by atoms with van der Waals surface area (Å²) < 4.78 is 0. The minimum absolute atomic E-state index is 0.982. The SMILES string of the molecule is CCCCCC(=Nc1ccc(CCC)c(CCC)c1)C(C)=Nc1ccccc1. The fourth-order valence-corrected chi connectivity index (χ4v) is 3.47. The lowest BCUT2D eigenvalue weighted by Gasteiger charge is -2.11. The van der Waals surface area contributed by atoms with E-state index in [0.29, 0.717) is 0 Å². The summed E-state index contributed by atoms with van der Waals surface area (Å²) in [5.41, 5.74) is 7.13. The molecule has 0 saturated heterocycles. The zero-order valence-electron chi connectivity index (χ0n) is 18.2. The van der Waals surface area contributed by atoms with E-state index in [-0.39, 0.29) is 0 Å². The molecule has 28 heavy (non-hydrogen) atoms. The molecule has 0 aromatic heterocycles. The topological polar surface area (TPSA) is 24.7 Å². The molecule has 0 N–H and O–H groups in total. The van der Waals surface area contributed by atoms with Gasteiger partial charge >= 0.3 is 0 Å². The average molecular weight is 377 g/mol. The summed E-state index contributed by atoms with van der Waals surface area (Å²) in [6, 6.07) is 16.9. The highest BCUT2D eigenvalue weighted by atomic mass is 14.8. The van der Waals surface area contributed by atoms with Crippen molar-refractivity contribution in [1.29, 1.82) is 0 Å². The van der Waals surface area contributed by atoms with Gasteiger partial charge in [-0.25, -0.2) is 0 Å². The van der Waals surface area contributed by atoms with Gasteiger partial charge in [0, 0.05) is 0 Å². The molecule has 0 bridgehead atoms. The maximum Gasteiger partial charge on any atom is 0.0636 e. The normalized spacial score (nSPS) is 12.4. The lowest BCUT2D eigenvalue weighted by molar-refractivity contribution is 0.744. The Labute approximate surface area is 171 Å². The zero-order chi connectivity index (χ0) is 20.2. The first-order chi connectivity index (χ1) is 13.7. The van der Waals surface area contributed by atoms with Crippen molar-refractivity contribution in [2.24, 2.45) is 9.98 Å². The lowest BCUT2D eigenvalue weighted by atomic mass is 9.99. The van der Waals surface area contributed by atoms with Crippen molar-refractivity contribution in [2.45, 2.75) is 79.1 Å². The van der Waals surface area contributed by atoms with E-state index in [0.717, 1.165) is 48.5 Å². The second-order valence-electron chi connectivity index (χ2n) is 7.50. The van der Waals surface area contributed by atoms with Crippen LogP contribution in [0.15, 0.2) is 58.5 Å². The van der Waals surface area contributed by atoms with E-state index in [2.05, 4.69) is 45.9 Å². The van der Waals surface area contributed by atoms with E-state index < -0.39 is 0 Å². The van der Waals surface area contributed by atoms with Gasteiger partial charge in [-0.1, -0.05) is 70.7 Å². The fourth-order valence-electron chi connectivity index (χ4n) is 3.47. The van der Waals surface area contributed by atoms with Crippen LogP contribution in [-0.4, -0.2) is 11.4 Å². The summed E-state index contributed by atoms with van der Waals surface area (Å²) in [5.74, 6) is 0. The molecule has 0 unspecified atom stereocenters. The van der Waals surface area contributed by atoms with Crippen LogP contribution >= 0.6 is 0 Å². The number of aryl methyl sites for hydroxylation is 2. The summed E-state index contributed by atoms with van der Waals surface area (Å²) >= 11 is 0. The Morgan fingerprint density at radius 3 is 2.11 bits per heavy atom. The Morgan fingerprint density at radius 1 is 0.714 bits per heavy atom. The second-order valence-corrected chi connectivity index (χ2v) is 7.50. The van der Waals surface area contributed by atoms with Gasteiger partial charge in [-0.2, -0.15) is 0 Å². The van der Waals surface area contributed by atoms with Gasteiger partial charge in [-0.05, 0) is 68.0 Å². The molecule has 0 radical (unpaired) electrons. The summed E-state index contributed by atoms with van der Waals surface area (Å²) in [4.78, 5) is 9.88. The summed E-state index contributed by atoms with van der Waals surface area (Å²) in [6.45, 7) is 8.83. The summed E-state index contributed by atoms with van der Waals surface area (Å²) in [5, 5.41) is 0. The molecule has 150 valence electrons. The summed E-state index contributed by atoms with van der Waals surface area (Å²) in [7, 11) is 0. The number of nitrogens with zero attached hydrogens (tertiary/aromatic N) is 2. The molecule has 2 aromatic carbocycles. The average Bonchev–Trinajstić information content (AvgIpc) is 2.70. The predicted octanol–water partition coefficient (Wildman–Crippen LogP) is 8.04. The van der Waals surface area contributed by atoms with E-state index in [9.17, 15) is 0 Å². The van der Waals surface area contributed by atoms with Gasteiger partial charge in [0.25, 0.3) is 0 Å². The van der Waals surface area contributed by atoms with Gasteiger partial charge < -0.3 is 0 Å². The minimum Gasteiger partial charge on any atom is -0.252 e. The first kappa shape index (κ1) is 22.1. The number of hydrogen-bond acceptors (Lipinski definition) is 2. The van der Waals surface area contributed by atoms with Gasteiger partial charge in [0.1, 0.15) is 0 Å². The zero-order valence-corrected chi connectivity index (χ0v) is 18.2. The van der Waals surface area contributed by atoms with Crippen LogP contribution in [0.1, 0.15) is 77.3 Å². The Morgan fingerprint density at radius 2 is 1.43 bits per heavy atom. The van der Waals surface area contributed by atoms with Crippen molar-refractivity contribution in [3.05, 3.63) is 59.7 Å². The van der Waals surface area contributed by atoms with Crippen molar-refractivity contribution in [3.8, 4) is 0 Å². The van der Waals surface area contributed by atoms with Gasteiger partial charge in [-0.15, -0.1) is 0 Å². The van der Waals surface area contributed by atoms with Crippen LogP contribution < -0.4 is 0 Å². The monoisotopic (exact) mass is 376 g/mol. The van der Waals surface area contributed by atoms with Crippen LogP contribution in [0, 0.1) is 0 Å². The van der Waals surface area contributed by atoms with Gasteiger partial charge in [0.2, 0.25) is 0 Å². The van der Waals surface area contributed by atoms with Crippen LogP contribution in [0.4, 0.5) is 11.4 Å². The van der Waals surface area contributed by atoms with Gasteiger partial charge in [0.15, 0.2) is 0 Å². The molecule has 2 heteroatoms. The largest absolute Gasteiger partial charge is 0.252 e. The van der Waals surface area contributed by atoms with Crippen molar-refractivity contribution in [3.63, 3.8) is 0 Å². The minimum atomic E-state index is 0.982. The van der Waals surface area contributed by atoms with Crippen molar-refractivity contribution < 1.29 is 0 Å². The maximum absolute atomic E-state index is 5.06. The number of para-hydroxylation sites is 1. The van der Waals surface area contributed by atoms with Crippen molar-refractivity contribution in [1.82, 2.24) is 0 Å². The smallest absolute Gasteiger partial charge is 0.0636 e. The summed E-state index contributed by atoms with van der Waals surface area (Å²) in [6.07, 6.45) is 9.22. The molecule has 0 aliphatic rings. The third-order valence-corrected chi connectivity index (χ3v) is 4.98. The Balaban J connectivity index is 2.35. The first-order valence-corrected chi connectivity index (χ1v) is 11.0. The molecule has 0 aliphatic heterocycles. The highest BCUT2D eigenvalue weighted by Crippen LogP contribution is 2.23. The Kier molecular flexibility index (Phi) is 9.68. The molecule has 2 aromatic rings. The highest BCUT2D eigenvalue weighted by molar-refractivity contribution is 6.42. The highest BCUT2D eigenvalue weighted by Gasteiger charge is 2.08. The van der Waals surface area contributed by atoms with Crippen LogP contribution in [0.5, 0.6) is 0 Å². The van der Waals surface area contributed by atoms with E-state index in [1.807, 2.05) is 30.3 Å². The molecular weight excluding hydrogens is 340 g/mol. The molecular formula is C26H36N2. The van der Waals surface area contributed by atoms with Crippen molar-refractivity contribution >= 4 is 22.8 Å². The van der Waals surface area contributed by atoms with Crippen LogP contribution in [-0.2, 0) is 12.8 Å². The maximum atomic E-state index is 5.06. The number of hydrogen-bond donors (Lipinski definition) is 0. The molecule has 2 nitrogen and oxygen atoms in total. The van der Waals surface area contributed by atoms with Crippen LogP contribution in [0.25, 0.3) is 0 Å². The number of benzene rings is 2. The fraction of sp³-hybridized carbons (Fsp3) is 0.462. The molecule has 0 atom stereocenters. The predicted molar refractivity (Wildman–Crippen MR) is 125 cm³/mol. The number of unbranched alkanes of at least 4 members (excludes halogenated alkanes) is 2. The van der Waals surface area contributed by atoms with E-state index in [1.54, 1.807) is 0 Å². The third-order valence-electron chi connectivity index (χ3n) is 4.98. The first-order valence-electron chi connectivity index (χ1n) is 11.0. The van der Waals surface area contributed by atoms with E-state index >= 15 is 0 Å². The molecule has 0 amide bonds. The van der Waals surface area contributed by atoms with Crippen molar-refractivity contribution in [2.75, 3.05) is 0 Å². The molecule has 2 rings (SSSR count). The number of rotatable bonds is 11. The van der Waals surface area contributed by atoms with Gasteiger partial charge in [-0.3, -0.25) is 9.98 Å². The van der Waals surface area contributed by atoms with Crippen LogP contribution in [0.2, 0.25) is 0 Å². The standard InChI is InChI=1S/C26H36N2/c1-5-8-10-17-26(21(4)27-24-15-11-9-12-16-24)28-25-19-18-22(13-6-2)23(20-25)14-7-3/h9,11-12,15-16,18-20H,5-8,10,13-14,17H2,1-4H3. The van der Waals surface area contributed by atoms with E-state index in [4.69, 9.17) is 9.98 Å². The molecule has 0 saturated carbocycles. The number of aliphatic imine (C=N–C) groups is 2. The Hall–Kier alpha value is -2.22. The molecule has 0 aliphatic carbocycles. The molecule has 0 spiro atoms. The molecule has 0 fully saturated rings. The van der Waals surface area contributed by atoms with E-state index in [1.165, 1.54) is 36.8 Å².